The lowest BCUT2D eigenvalue weighted by Gasteiger charge is -2.25. The Morgan fingerprint density at radius 2 is 1.86 bits per heavy atom. The first kappa shape index (κ1) is 25.6. The van der Waals surface area contributed by atoms with Crippen LogP contribution in [0.25, 0.3) is 5.76 Å². The number of carbonyl (C=O) groups excluding carboxylic acids is 3. The molecule has 1 aliphatic heterocycles. The number of aromatic nitrogens is 1. The molecule has 0 saturated carbocycles. The van der Waals surface area contributed by atoms with Gasteiger partial charge in [0, 0.05) is 36.3 Å². The van der Waals surface area contributed by atoms with Crippen LogP contribution >= 0.6 is 0 Å². The van der Waals surface area contributed by atoms with Gasteiger partial charge in [0.25, 0.3) is 11.7 Å². The van der Waals surface area contributed by atoms with E-state index in [-0.39, 0.29) is 23.2 Å². The number of anilines is 2. The Balaban J connectivity index is 1.86. The summed E-state index contributed by atoms with van der Waals surface area (Å²) in [5.74, 6) is -1.24. The fourth-order valence-electron chi connectivity index (χ4n) is 4.45. The number of pyridine rings is 1. The van der Waals surface area contributed by atoms with Crippen LogP contribution in [0.15, 0.2) is 72.6 Å². The molecule has 1 atom stereocenters. The molecule has 1 aromatic heterocycles. The first-order chi connectivity index (χ1) is 17.7. The smallest absolute Gasteiger partial charge is 0.300 e. The highest BCUT2D eigenvalue weighted by molar-refractivity contribution is 6.51. The molecule has 3 aromatic rings. The average Bonchev–Trinajstić information content (AvgIpc) is 3.15. The zero-order valence-corrected chi connectivity index (χ0v) is 21.2. The van der Waals surface area contributed by atoms with E-state index >= 15 is 0 Å². The van der Waals surface area contributed by atoms with Crippen LogP contribution in [0.1, 0.15) is 56.3 Å². The van der Waals surface area contributed by atoms with Crippen molar-refractivity contribution in [3.05, 3.63) is 89.3 Å². The highest BCUT2D eigenvalue weighted by atomic mass is 16.5. The molecule has 2 heterocycles. The number of rotatable bonds is 7. The highest BCUT2D eigenvalue weighted by Gasteiger charge is 2.47. The number of aliphatic hydroxyl groups excluding tert-OH is 1. The molecule has 1 unspecified atom stereocenters. The molecule has 1 aliphatic rings. The van der Waals surface area contributed by atoms with Crippen LogP contribution in [0.4, 0.5) is 11.4 Å². The van der Waals surface area contributed by atoms with Gasteiger partial charge in [0.2, 0.25) is 5.91 Å². The summed E-state index contributed by atoms with van der Waals surface area (Å²) >= 11 is 0. The number of nitrogens with one attached hydrogen (secondary N) is 1. The van der Waals surface area contributed by atoms with Gasteiger partial charge < -0.3 is 15.2 Å². The van der Waals surface area contributed by atoms with Crippen LogP contribution in [0.5, 0.6) is 5.75 Å². The third-order valence-electron chi connectivity index (χ3n) is 6.12. The highest BCUT2D eigenvalue weighted by Crippen LogP contribution is 2.42. The van der Waals surface area contributed by atoms with Crippen LogP contribution in [-0.4, -0.2) is 34.3 Å². The van der Waals surface area contributed by atoms with Crippen molar-refractivity contribution >= 4 is 34.7 Å². The van der Waals surface area contributed by atoms with Crippen LogP contribution in [0.3, 0.4) is 0 Å². The minimum atomic E-state index is -0.894. The van der Waals surface area contributed by atoms with Gasteiger partial charge in [-0.05, 0) is 72.5 Å². The summed E-state index contributed by atoms with van der Waals surface area (Å²) in [6.07, 6.45) is 3.17. The number of aliphatic hydroxyl groups is 1. The number of Topliss-reactive ketones (excluding diaryl/α,β-unsaturated/α-hetero) is 1. The monoisotopic (exact) mass is 499 g/mol. The van der Waals surface area contributed by atoms with Gasteiger partial charge in [0.1, 0.15) is 11.5 Å². The van der Waals surface area contributed by atoms with Crippen molar-refractivity contribution in [3.8, 4) is 5.75 Å². The number of carbonyl (C=O) groups is 3. The van der Waals surface area contributed by atoms with E-state index < -0.39 is 17.7 Å². The van der Waals surface area contributed by atoms with Crippen LogP contribution < -0.4 is 15.0 Å². The number of ketones is 1. The van der Waals surface area contributed by atoms with Crippen molar-refractivity contribution in [1.82, 2.24) is 4.98 Å². The molecule has 8 nitrogen and oxygen atoms in total. The first-order valence-corrected chi connectivity index (χ1v) is 12.1. The maximum Gasteiger partial charge on any atom is 0.300 e. The molecule has 2 aromatic carbocycles. The molecule has 0 radical (unpaired) electrons. The van der Waals surface area contributed by atoms with Crippen molar-refractivity contribution in [2.45, 2.75) is 39.7 Å². The second-order valence-electron chi connectivity index (χ2n) is 9.02. The minimum absolute atomic E-state index is 0.0252. The average molecular weight is 500 g/mol. The van der Waals surface area contributed by atoms with Crippen LogP contribution in [-0.2, 0) is 14.4 Å². The second-order valence-corrected chi connectivity index (χ2v) is 9.02. The zero-order chi connectivity index (χ0) is 26.7. The van der Waals surface area contributed by atoms with E-state index in [1.807, 2.05) is 20.8 Å². The maximum absolute atomic E-state index is 13.4. The Morgan fingerprint density at radius 1 is 1.14 bits per heavy atom. The van der Waals surface area contributed by atoms with E-state index in [1.165, 1.54) is 11.8 Å². The van der Waals surface area contributed by atoms with Crippen molar-refractivity contribution in [2.75, 3.05) is 16.8 Å². The van der Waals surface area contributed by atoms with Crippen molar-refractivity contribution in [3.63, 3.8) is 0 Å². The van der Waals surface area contributed by atoms with Crippen molar-refractivity contribution < 1.29 is 24.2 Å². The van der Waals surface area contributed by atoms with Crippen molar-refractivity contribution in [1.29, 1.82) is 0 Å². The molecule has 4 rings (SSSR count). The quantitative estimate of drug-likeness (QED) is 0.263. The maximum atomic E-state index is 13.4. The summed E-state index contributed by atoms with van der Waals surface area (Å²) < 4.78 is 5.73. The summed E-state index contributed by atoms with van der Waals surface area (Å²) in [5.41, 5.74) is 2.85. The lowest BCUT2D eigenvalue weighted by molar-refractivity contribution is -0.132. The fourth-order valence-corrected chi connectivity index (χ4v) is 4.45. The number of benzene rings is 2. The topological polar surface area (TPSA) is 109 Å². The molecule has 37 heavy (non-hydrogen) atoms. The predicted octanol–water partition coefficient (Wildman–Crippen LogP) is 5.19. The van der Waals surface area contributed by atoms with E-state index in [4.69, 9.17) is 4.74 Å². The Kier molecular flexibility index (Phi) is 7.38. The molecule has 0 aliphatic carbocycles. The Bertz CT molecular complexity index is 1360. The van der Waals surface area contributed by atoms with Gasteiger partial charge in [0.15, 0.2) is 0 Å². The summed E-state index contributed by atoms with van der Waals surface area (Å²) in [5, 5.41) is 14.1. The second kappa shape index (κ2) is 10.7. The fraction of sp³-hybridized carbons (Fsp3) is 0.241. The van der Waals surface area contributed by atoms with Crippen LogP contribution in [0.2, 0.25) is 0 Å². The molecule has 8 heteroatoms. The van der Waals surface area contributed by atoms with Crippen molar-refractivity contribution in [2.24, 2.45) is 0 Å². The van der Waals surface area contributed by atoms with E-state index in [2.05, 4.69) is 10.3 Å². The van der Waals surface area contributed by atoms with E-state index in [1.54, 1.807) is 67.0 Å². The van der Waals surface area contributed by atoms with Gasteiger partial charge in [-0.2, -0.15) is 0 Å². The third-order valence-corrected chi connectivity index (χ3v) is 6.12. The SMILES string of the molecule is CCOc1ccc(/C(O)=C2/C(=O)C(=O)N(c3ccc(NC(C)=O)cc3)C2c2cccnc2)cc1C(C)C. The van der Waals surface area contributed by atoms with Gasteiger partial charge >= 0.3 is 0 Å². The van der Waals surface area contributed by atoms with E-state index in [0.29, 0.717) is 34.9 Å². The first-order valence-electron chi connectivity index (χ1n) is 12.1. The van der Waals surface area contributed by atoms with Gasteiger partial charge in [-0.25, -0.2) is 0 Å². The number of amides is 2. The normalized spacial score (nSPS) is 16.8. The number of hydrogen-bond donors (Lipinski definition) is 2. The third kappa shape index (κ3) is 5.09. The number of ether oxygens (including phenoxy) is 1. The Morgan fingerprint density at radius 3 is 2.46 bits per heavy atom. The summed E-state index contributed by atoms with van der Waals surface area (Å²) in [6, 6.07) is 14.4. The molecule has 1 saturated heterocycles. The Hall–Kier alpha value is -4.46. The summed E-state index contributed by atoms with van der Waals surface area (Å²) in [7, 11) is 0. The van der Waals surface area contributed by atoms with Gasteiger partial charge in [-0.3, -0.25) is 24.3 Å². The minimum Gasteiger partial charge on any atom is -0.507 e. The van der Waals surface area contributed by atoms with Crippen LogP contribution in [0, 0.1) is 0 Å². The molecule has 2 N–H and O–H groups in total. The largest absolute Gasteiger partial charge is 0.507 e. The zero-order valence-electron chi connectivity index (χ0n) is 21.2. The predicted molar refractivity (Wildman–Crippen MR) is 141 cm³/mol. The molecule has 1 fully saturated rings. The molecular weight excluding hydrogens is 470 g/mol. The molecule has 0 bridgehead atoms. The molecule has 0 spiro atoms. The Labute approximate surface area is 215 Å². The molecule has 2 amide bonds. The van der Waals surface area contributed by atoms with E-state index in [9.17, 15) is 19.5 Å². The summed E-state index contributed by atoms with van der Waals surface area (Å²) in [4.78, 5) is 43.6. The number of nitrogens with zero attached hydrogens (tertiary/aromatic N) is 2. The molecule has 190 valence electrons. The molecular formula is C29H29N3O5. The number of hydrogen-bond acceptors (Lipinski definition) is 6. The summed E-state index contributed by atoms with van der Waals surface area (Å²) in [6.45, 7) is 7.83. The van der Waals surface area contributed by atoms with E-state index in [0.717, 1.165) is 5.56 Å². The lowest BCUT2D eigenvalue weighted by Crippen LogP contribution is -2.29. The lowest BCUT2D eigenvalue weighted by atomic mass is 9.93. The van der Waals surface area contributed by atoms with Gasteiger partial charge in [-0.15, -0.1) is 0 Å². The van der Waals surface area contributed by atoms with Gasteiger partial charge in [0.05, 0.1) is 18.2 Å². The van der Waals surface area contributed by atoms with Gasteiger partial charge in [-0.1, -0.05) is 19.9 Å². The standard InChI is InChI=1S/C29H29N3O5/c1-5-37-24-13-8-19(15-23(24)17(2)3)27(34)25-26(20-7-6-14-30-16-20)32(29(36)28(25)35)22-11-9-21(10-12-22)31-18(4)33/h6-17,26,34H,5H2,1-4H3,(H,31,33)/b27-25-.